The molecule has 7 nitrogen and oxygen atoms in total. The molecule has 0 atom stereocenters. The summed E-state index contributed by atoms with van der Waals surface area (Å²) in [6, 6.07) is 9.37. The highest BCUT2D eigenvalue weighted by atomic mass is 32.2. The van der Waals surface area contributed by atoms with Gasteiger partial charge in [-0.15, -0.1) is 10.2 Å². The quantitative estimate of drug-likeness (QED) is 0.646. The van der Waals surface area contributed by atoms with Crippen LogP contribution in [0.1, 0.15) is 24.8 Å². The predicted octanol–water partition coefficient (Wildman–Crippen LogP) is 3.95. The summed E-state index contributed by atoms with van der Waals surface area (Å²) >= 11 is 0. The predicted molar refractivity (Wildman–Crippen MR) is 109 cm³/mol. The fourth-order valence-corrected chi connectivity index (χ4v) is 5.10. The minimum absolute atomic E-state index is 0.218. The van der Waals surface area contributed by atoms with Crippen LogP contribution in [0, 0.1) is 0 Å². The van der Waals surface area contributed by atoms with Crippen LogP contribution in [0.3, 0.4) is 0 Å². The van der Waals surface area contributed by atoms with Crippen molar-refractivity contribution in [2.75, 3.05) is 24.2 Å². The van der Waals surface area contributed by atoms with E-state index in [1.165, 1.54) is 6.07 Å². The van der Waals surface area contributed by atoms with Crippen molar-refractivity contribution in [3.05, 3.63) is 42.0 Å². The number of benzene rings is 2. The number of hydrogen-bond acceptors (Lipinski definition) is 6. The summed E-state index contributed by atoms with van der Waals surface area (Å²) in [7, 11) is -4.29. The van der Waals surface area contributed by atoms with Crippen molar-refractivity contribution in [3.63, 3.8) is 0 Å². The van der Waals surface area contributed by atoms with Crippen LogP contribution < -0.4 is 4.90 Å². The van der Waals surface area contributed by atoms with Gasteiger partial charge in [0.25, 0.3) is 0 Å². The molecule has 0 saturated carbocycles. The first kappa shape index (κ1) is 21.3. The Labute approximate surface area is 177 Å². The molecule has 1 saturated heterocycles. The van der Waals surface area contributed by atoms with E-state index in [0.29, 0.717) is 5.56 Å². The Balaban J connectivity index is 1.98. The highest BCUT2D eigenvalue weighted by Crippen LogP contribution is 2.43. The average Bonchev–Trinajstić information content (AvgIpc) is 3.27. The number of tetrazole rings is 1. The first-order valence-corrected chi connectivity index (χ1v) is 11.6. The van der Waals surface area contributed by atoms with E-state index in [1.807, 2.05) is 12.1 Å². The van der Waals surface area contributed by atoms with Gasteiger partial charge in [0.05, 0.1) is 16.0 Å². The zero-order valence-electron chi connectivity index (χ0n) is 16.6. The van der Waals surface area contributed by atoms with Gasteiger partial charge in [-0.2, -0.15) is 18.4 Å². The maximum absolute atomic E-state index is 13.7. The molecule has 1 aliphatic rings. The molecule has 0 radical (unpaired) electrons. The molecule has 1 N–H and O–H groups in total. The van der Waals surface area contributed by atoms with Gasteiger partial charge in [0.1, 0.15) is 0 Å². The van der Waals surface area contributed by atoms with Crippen LogP contribution in [0.4, 0.5) is 18.9 Å². The monoisotopic (exact) mass is 451 g/mol. The van der Waals surface area contributed by atoms with Crippen LogP contribution in [-0.2, 0) is 16.0 Å². The van der Waals surface area contributed by atoms with Crippen molar-refractivity contribution < 1.29 is 21.6 Å². The lowest BCUT2D eigenvalue weighted by Gasteiger charge is -2.29. The van der Waals surface area contributed by atoms with Crippen LogP contribution in [0.25, 0.3) is 22.5 Å². The maximum Gasteiger partial charge on any atom is 0.417 e. The molecule has 2 aromatic carbocycles. The molecule has 0 aliphatic carbocycles. The molecule has 1 aromatic heterocycles. The van der Waals surface area contributed by atoms with E-state index < -0.39 is 26.5 Å². The number of aromatic amines is 1. The molecule has 1 aliphatic heterocycles. The van der Waals surface area contributed by atoms with E-state index in [2.05, 4.69) is 25.5 Å². The summed E-state index contributed by atoms with van der Waals surface area (Å²) in [6.45, 7) is 1.78. The number of anilines is 1. The van der Waals surface area contributed by atoms with E-state index in [0.717, 1.165) is 50.4 Å². The molecule has 3 aromatic rings. The second-order valence-electron chi connectivity index (χ2n) is 7.47. The Hall–Kier alpha value is -2.95. The Morgan fingerprint density at radius 3 is 2.42 bits per heavy atom. The molecule has 0 amide bonds. The number of piperidine rings is 1. The number of halogens is 3. The number of H-pyrrole nitrogens is 1. The topological polar surface area (TPSA) is 91.8 Å². The van der Waals surface area contributed by atoms with Crippen LogP contribution in [-0.4, -0.2) is 48.4 Å². The lowest BCUT2D eigenvalue weighted by molar-refractivity contribution is -0.139. The molecule has 164 valence electrons. The fourth-order valence-electron chi connectivity index (χ4n) is 3.94. The number of rotatable bonds is 4. The summed E-state index contributed by atoms with van der Waals surface area (Å²) < 4.78 is 66.2. The van der Waals surface area contributed by atoms with Crippen molar-refractivity contribution in [3.8, 4) is 22.5 Å². The van der Waals surface area contributed by atoms with Crippen LogP contribution in [0.5, 0.6) is 0 Å². The first-order valence-electron chi connectivity index (χ1n) is 9.70. The molecule has 31 heavy (non-hydrogen) atoms. The zero-order chi connectivity index (χ0) is 22.2. The lowest BCUT2D eigenvalue weighted by atomic mass is 9.95. The maximum atomic E-state index is 13.7. The summed E-state index contributed by atoms with van der Waals surface area (Å²) in [5.41, 5.74) is 0.305. The van der Waals surface area contributed by atoms with Gasteiger partial charge in [0, 0.05) is 25.0 Å². The van der Waals surface area contributed by atoms with Gasteiger partial charge in [0.15, 0.2) is 9.84 Å². The average molecular weight is 451 g/mol. The van der Waals surface area contributed by atoms with E-state index in [9.17, 15) is 21.6 Å². The summed E-state index contributed by atoms with van der Waals surface area (Å²) in [4.78, 5) is 1.35. The lowest BCUT2D eigenvalue weighted by Crippen LogP contribution is -2.29. The standard InChI is InChI=1S/C20H20F3N5O2S/c1-31(29,30)18-16(20(21,22)23)9-8-15(17(18)19-24-26-27-25-19)13-6-5-7-14(12-13)28-10-3-2-4-11-28/h5-9,12H,2-4,10-11H2,1H3,(H,24,25,26,27). The summed E-state index contributed by atoms with van der Waals surface area (Å²) in [6.07, 6.45) is -0.831. The van der Waals surface area contributed by atoms with Crippen molar-refractivity contribution in [1.29, 1.82) is 0 Å². The van der Waals surface area contributed by atoms with E-state index >= 15 is 0 Å². The second-order valence-corrected chi connectivity index (χ2v) is 9.42. The number of aromatic nitrogens is 4. The minimum atomic E-state index is -4.87. The van der Waals surface area contributed by atoms with Crippen molar-refractivity contribution in [2.45, 2.75) is 30.3 Å². The Morgan fingerprint density at radius 1 is 1.06 bits per heavy atom. The number of nitrogens with zero attached hydrogens (tertiary/aromatic N) is 4. The third kappa shape index (κ3) is 4.27. The third-order valence-electron chi connectivity index (χ3n) is 5.28. The highest BCUT2D eigenvalue weighted by molar-refractivity contribution is 7.91. The first-order chi connectivity index (χ1) is 14.7. The highest BCUT2D eigenvalue weighted by Gasteiger charge is 2.39. The molecule has 0 spiro atoms. The molecule has 1 fully saturated rings. The number of hydrogen-bond donors (Lipinski definition) is 1. The van der Waals surface area contributed by atoms with Gasteiger partial charge >= 0.3 is 6.18 Å². The van der Waals surface area contributed by atoms with E-state index in [4.69, 9.17) is 0 Å². The Kier molecular flexibility index (Phi) is 5.46. The van der Waals surface area contributed by atoms with Gasteiger partial charge in [-0.3, -0.25) is 0 Å². The normalized spacial score (nSPS) is 15.3. The summed E-state index contributed by atoms with van der Waals surface area (Å²) in [5, 5.41) is 13.2. The van der Waals surface area contributed by atoms with E-state index in [1.54, 1.807) is 12.1 Å². The van der Waals surface area contributed by atoms with Gasteiger partial charge in [0.2, 0.25) is 5.82 Å². The van der Waals surface area contributed by atoms with Gasteiger partial charge in [-0.05, 0) is 53.8 Å². The molecule has 11 heteroatoms. The Bertz CT molecular complexity index is 1190. The number of alkyl halides is 3. The smallest absolute Gasteiger partial charge is 0.372 e. The van der Waals surface area contributed by atoms with Gasteiger partial charge in [-0.25, -0.2) is 8.42 Å². The van der Waals surface area contributed by atoms with Crippen LogP contribution in [0.2, 0.25) is 0 Å². The third-order valence-corrected chi connectivity index (χ3v) is 6.45. The molecule has 0 unspecified atom stereocenters. The van der Waals surface area contributed by atoms with Crippen molar-refractivity contribution in [1.82, 2.24) is 20.6 Å². The Morgan fingerprint density at radius 2 is 1.81 bits per heavy atom. The van der Waals surface area contributed by atoms with Gasteiger partial charge in [-0.1, -0.05) is 18.2 Å². The van der Waals surface area contributed by atoms with Crippen LogP contribution in [0.15, 0.2) is 41.3 Å². The van der Waals surface area contributed by atoms with Crippen molar-refractivity contribution in [2.24, 2.45) is 0 Å². The largest absolute Gasteiger partial charge is 0.417 e. The molecule has 4 rings (SSSR count). The van der Waals surface area contributed by atoms with E-state index in [-0.39, 0.29) is 17.0 Å². The number of nitrogens with one attached hydrogen (secondary N) is 1. The van der Waals surface area contributed by atoms with Gasteiger partial charge < -0.3 is 4.90 Å². The van der Waals surface area contributed by atoms with Crippen molar-refractivity contribution >= 4 is 15.5 Å². The molecule has 2 heterocycles. The molecule has 0 bridgehead atoms. The zero-order valence-corrected chi connectivity index (χ0v) is 17.5. The fraction of sp³-hybridized carbons (Fsp3) is 0.350. The minimum Gasteiger partial charge on any atom is -0.372 e. The second kappa shape index (κ2) is 7.95. The molecular formula is C20H20F3N5O2S. The summed E-state index contributed by atoms with van der Waals surface area (Å²) in [5.74, 6) is -0.218. The van der Waals surface area contributed by atoms with Crippen LogP contribution >= 0.6 is 0 Å². The SMILES string of the molecule is CS(=O)(=O)c1c(C(F)(F)F)ccc(-c2cccc(N3CCCCC3)c2)c1-c1nn[nH]n1. The number of sulfone groups is 1. The molecular weight excluding hydrogens is 431 g/mol.